The molecular formula is C25H25FN2O5. The number of methoxy groups -OCH3 is 1. The largest absolute Gasteiger partial charge is 0.493 e. The zero-order valence-corrected chi connectivity index (χ0v) is 18.4. The first kappa shape index (κ1) is 23.6. The van der Waals surface area contributed by atoms with Crippen LogP contribution in [0.25, 0.3) is 0 Å². The molecule has 3 aromatic rings. The van der Waals surface area contributed by atoms with Crippen molar-refractivity contribution in [3.05, 3.63) is 83.7 Å². The van der Waals surface area contributed by atoms with Crippen molar-refractivity contribution in [2.45, 2.75) is 13.5 Å². The molecule has 0 aromatic heterocycles. The molecule has 0 saturated heterocycles. The first-order chi connectivity index (χ1) is 16.0. The van der Waals surface area contributed by atoms with Gasteiger partial charge in [0.1, 0.15) is 11.6 Å². The lowest BCUT2D eigenvalue weighted by Gasteiger charge is -2.13. The lowest BCUT2D eigenvalue weighted by molar-refractivity contribution is -0.118. The third kappa shape index (κ3) is 6.46. The molecule has 0 radical (unpaired) electrons. The molecule has 0 aliphatic heterocycles. The van der Waals surface area contributed by atoms with Gasteiger partial charge in [-0.2, -0.15) is 0 Å². The third-order valence-corrected chi connectivity index (χ3v) is 4.62. The van der Waals surface area contributed by atoms with Crippen molar-refractivity contribution in [2.24, 2.45) is 0 Å². The summed E-state index contributed by atoms with van der Waals surface area (Å²) in [6.07, 6.45) is 0. The van der Waals surface area contributed by atoms with E-state index in [1.54, 1.807) is 49.6 Å². The summed E-state index contributed by atoms with van der Waals surface area (Å²) in [6.45, 7) is 2.27. The van der Waals surface area contributed by atoms with Crippen LogP contribution < -0.4 is 24.8 Å². The minimum absolute atomic E-state index is 0.0583. The smallest absolute Gasteiger partial charge is 0.262 e. The Morgan fingerprint density at radius 3 is 2.42 bits per heavy atom. The summed E-state index contributed by atoms with van der Waals surface area (Å²) in [5.74, 6) is -0.0139. The van der Waals surface area contributed by atoms with E-state index in [4.69, 9.17) is 14.2 Å². The highest BCUT2D eigenvalue weighted by atomic mass is 19.1. The summed E-state index contributed by atoms with van der Waals surface area (Å²) in [7, 11) is 1.55. The van der Waals surface area contributed by atoms with Crippen LogP contribution in [-0.4, -0.2) is 32.1 Å². The number of ether oxygens (including phenoxy) is 3. The number of hydrogen-bond donors (Lipinski definition) is 2. The third-order valence-electron chi connectivity index (χ3n) is 4.62. The standard InChI is InChI=1S/C25H25FN2O5/c1-3-32-22-13-12-17(14-23(22)31-2)15-27-25(30)18-8-4-7-11-21(18)33-16-24(29)28-20-10-6-5-9-19(20)26/h4-14H,3,15-16H2,1-2H3,(H,27,30)(H,28,29). The van der Waals surface area contributed by atoms with Crippen molar-refractivity contribution < 1.29 is 28.2 Å². The number of amides is 2. The lowest BCUT2D eigenvalue weighted by Crippen LogP contribution is -2.25. The molecule has 0 fully saturated rings. The number of para-hydroxylation sites is 2. The summed E-state index contributed by atoms with van der Waals surface area (Å²) >= 11 is 0. The number of halogens is 1. The molecule has 0 heterocycles. The van der Waals surface area contributed by atoms with Gasteiger partial charge in [0, 0.05) is 6.54 Å². The normalized spacial score (nSPS) is 10.3. The Hall–Kier alpha value is -4.07. The highest BCUT2D eigenvalue weighted by Gasteiger charge is 2.14. The maximum atomic E-state index is 13.7. The van der Waals surface area contributed by atoms with Gasteiger partial charge in [-0.15, -0.1) is 0 Å². The summed E-state index contributed by atoms with van der Waals surface area (Å²) in [6, 6.07) is 17.8. The summed E-state index contributed by atoms with van der Waals surface area (Å²) in [4.78, 5) is 24.9. The van der Waals surface area contributed by atoms with E-state index in [1.165, 1.54) is 18.2 Å². The van der Waals surface area contributed by atoms with E-state index in [-0.39, 0.29) is 36.1 Å². The topological polar surface area (TPSA) is 85.9 Å². The molecule has 0 bridgehead atoms. The van der Waals surface area contributed by atoms with Crippen LogP contribution in [0.15, 0.2) is 66.7 Å². The van der Waals surface area contributed by atoms with E-state index in [9.17, 15) is 14.0 Å². The predicted octanol–water partition coefficient (Wildman–Crippen LogP) is 4.18. The van der Waals surface area contributed by atoms with Crippen molar-refractivity contribution in [2.75, 3.05) is 25.6 Å². The van der Waals surface area contributed by atoms with Crippen molar-refractivity contribution in [3.63, 3.8) is 0 Å². The Balaban J connectivity index is 1.61. The summed E-state index contributed by atoms with van der Waals surface area (Å²) < 4.78 is 30.1. The van der Waals surface area contributed by atoms with Crippen molar-refractivity contribution >= 4 is 17.5 Å². The van der Waals surface area contributed by atoms with Crippen LogP contribution in [0, 0.1) is 5.82 Å². The fourth-order valence-corrected chi connectivity index (χ4v) is 3.05. The van der Waals surface area contributed by atoms with E-state index in [1.807, 2.05) is 13.0 Å². The SMILES string of the molecule is CCOc1ccc(CNC(=O)c2ccccc2OCC(=O)Nc2ccccc2F)cc1OC. The van der Waals surface area contributed by atoms with Gasteiger partial charge >= 0.3 is 0 Å². The molecular weight excluding hydrogens is 427 g/mol. The van der Waals surface area contributed by atoms with E-state index >= 15 is 0 Å². The van der Waals surface area contributed by atoms with Gasteiger partial charge in [-0.05, 0) is 48.9 Å². The van der Waals surface area contributed by atoms with Crippen LogP contribution in [0.2, 0.25) is 0 Å². The van der Waals surface area contributed by atoms with Crippen LogP contribution in [0.1, 0.15) is 22.8 Å². The second-order valence-electron chi connectivity index (χ2n) is 6.91. The number of carbonyl (C=O) groups excluding carboxylic acids is 2. The molecule has 0 aliphatic rings. The highest BCUT2D eigenvalue weighted by molar-refractivity contribution is 5.97. The quantitative estimate of drug-likeness (QED) is 0.482. The number of carbonyl (C=O) groups is 2. The Labute approximate surface area is 191 Å². The van der Waals surface area contributed by atoms with Gasteiger partial charge in [0.15, 0.2) is 18.1 Å². The Morgan fingerprint density at radius 2 is 1.67 bits per heavy atom. The van der Waals surface area contributed by atoms with Crippen molar-refractivity contribution in [3.8, 4) is 17.2 Å². The average Bonchev–Trinajstić information content (AvgIpc) is 2.83. The van der Waals surface area contributed by atoms with Gasteiger partial charge in [0.05, 0.1) is 25.0 Å². The number of hydrogen-bond acceptors (Lipinski definition) is 5. The molecule has 0 atom stereocenters. The average molecular weight is 452 g/mol. The number of anilines is 1. The Morgan fingerprint density at radius 1 is 0.909 bits per heavy atom. The van der Waals surface area contributed by atoms with Gasteiger partial charge in [-0.3, -0.25) is 9.59 Å². The van der Waals surface area contributed by atoms with E-state index in [0.717, 1.165) is 5.56 Å². The molecule has 3 rings (SSSR count). The van der Waals surface area contributed by atoms with Gasteiger partial charge in [-0.1, -0.05) is 30.3 Å². The Bertz CT molecular complexity index is 1120. The molecule has 2 N–H and O–H groups in total. The van der Waals surface area contributed by atoms with Gasteiger partial charge in [0.2, 0.25) is 0 Å². The maximum absolute atomic E-state index is 13.7. The van der Waals surface area contributed by atoms with Crippen LogP contribution in [-0.2, 0) is 11.3 Å². The van der Waals surface area contributed by atoms with Gasteiger partial charge < -0.3 is 24.8 Å². The first-order valence-corrected chi connectivity index (χ1v) is 10.4. The van der Waals surface area contributed by atoms with Crippen LogP contribution in [0.3, 0.4) is 0 Å². The monoisotopic (exact) mass is 452 g/mol. The van der Waals surface area contributed by atoms with Crippen molar-refractivity contribution in [1.82, 2.24) is 5.32 Å². The summed E-state index contributed by atoms with van der Waals surface area (Å²) in [5.41, 5.74) is 1.16. The van der Waals surface area contributed by atoms with Crippen LogP contribution in [0.4, 0.5) is 10.1 Å². The fourth-order valence-electron chi connectivity index (χ4n) is 3.05. The van der Waals surface area contributed by atoms with Gasteiger partial charge in [-0.25, -0.2) is 4.39 Å². The molecule has 2 amide bonds. The molecule has 172 valence electrons. The highest BCUT2D eigenvalue weighted by Crippen LogP contribution is 2.28. The molecule has 3 aromatic carbocycles. The second kappa shape index (κ2) is 11.5. The van der Waals surface area contributed by atoms with E-state index in [0.29, 0.717) is 18.1 Å². The molecule has 0 spiro atoms. The van der Waals surface area contributed by atoms with Gasteiger partial charge in [0.25, 0.3) is 11.8 Å². The number of rotatable bonds is 10. The van der Waals surface area contributed by atoms with E-state index < -0.39 is 11.7 Å². The lowest BCUT2D eigenvalue weighted by atomic mass is 10.1. The molecule has 33 heavy (non-hydrogen) atoms. The minimum atomic E-state index is -0.545. The molecule has 8 heteroatoms. The zero-order chi connectivity index (χ0) is 23.6. The molecule has 7 nitrogen and oxygen atoms in total. The summed E-state index contributed by atoms with van der Waals surface area (Å²) in [5, 5.41) is 5.27. The second-order valence-corrected chi connectivity index (χ2v) is 6.91. The number of nitrogens with one attached hydrogen (secondary N) is 2. The number of benzene rings is 3. The zero-order valence-electron chi connectivity index (χ0n) is 18.4. The maximum Gasteiger partial charge on any atom is 0.262 e. The van der Waals surface area contributed by atoms with E-state index in [2.05, 4.69) is 10.6 Å². The molecule has 0 aliphatic carbocycles. The first-order valence-electron chi connectivity index (χ1n) is 10.4. The van der Waals surface area contributed by atoms with Crippen LogP contribution in [0.5, 0.6) is 17.2 Å². The Kier molecular flexibility index (Phi) is 8.24. The fraction of sp³-hybridized carbons (Fsp3) is 0.200. The minimum Gasteiger partial charge on any atom is -0.493 e. The predicted molar refractivity (Wildman–Crippen MR) is 122 cm³/mol. The van der Waals surface area contributed by atoms with Crippen LogP contribution >= 0.6 is 0 Å². The molecule has 0 unspecified atom stereocenters. The van der Waals surface area contributed by atoms with Crippen molar-refractivity contribution in [1.29, 1.82) is 0 Å². The molecule has 0 saturated carbocycles.